The number of hydrogen-bond acceptors (Lipinski definition) is 1. The molecule has 2 rings (SSSR count). The molecule has 1 unspecified atom stereocenters. The highest BCUT2D eigenvalue weighted by Crippen LogP contribution is 2.30. The second kappa shape index (κ2) is 4.81. The van der Waals surface area contributed by atoms with Crippen molar-refractivity contribution in [3.63, 3.8) is 0 Å². The highest BCUT2D eigenvalue weighted by molar-refractivity contribution is 9.10. The van der Waals surface area contributed by atoms with Crippen molar-refractivity contribution in [2.75, 3.05) is 6.54 Å². The fourth-order valence-corrected chi connectivity index (χ4v) is 2.59. The smallest absolute Gasteiger partial charge is 0.127 e. The van der Waals surface area contributed by atoms with E-state index in [-0.39, 0.29) is 5.82 Å². The van der Waals surface area contributed by atoms with Crippen molar-refractivity contribution in [2.45, 2.75) is 25.3 Å². The fourth-order valence-electron chi connectivity index (χ4n) is 1.93. The van der Waals surface area contributed by atoms with Crippen LogP contribution in [0.3, 0.4) is 0 Å². The molecule has 1 aliphatic heterocycles. The van der Waals surface area contributed by atoms with Crippen LogP contribution in [0.5, 0.6) is 0 Å². The number of rotatable bonds is 2. The Hall–Kier alpha value is -0.120. The average molecular weight is 293 g/mol. The molecule has 82 valence electrons. The zero-order valence-electron chi connectivity index (χ0n) is 8.19. The van der Waals surface area contributed by atoms with Crippen molar-refractivity contribution in [1.82, 2.24) is 5.32 Å². The molecule has 0 amide bonds. The van der Waals surface area contributed by atoms with E-state index in [0.29, 0.717) is 27.5 Å². The van der Waals surface area contributed by atoms with Gasteiger partial charge < -0.3 is 5.32 Å². The minimum Gasteiger partial charge on any atom is -0.314 e. The number of halogens is 3. The Morgan fingerprint density at radius 2 is 2.33 bits per heavy atom. The van der Waals surface area contributed by atoms with Crippen LogP contribution in [0, 0.1) is 5.82 Å². The molecule has 1 aromatic rings. The first-order valence-corrected chi connectivity index (χ1v) is 6.21. The molecule has 4 heteroatoms. The van der Waals surface area contributed by atoms with Gasteiger partial charge in [0.2, 0.25) is 0 Å². The normalized spacial score (nSPS) is 20.9. The summed E-state index contributed by atoms with van der Waals surface area (Å²) in [5, 5.41) is 3.92. The SMILES string of the molecule is Fc1ccc(Cl)c(Br)c1CC1CCCN1. The van der Waals surface area contributed by atoms with E-state index in [1.807, 2.05) is 0 Å². The molecule has 1 nitrogen and oxygen atoms in total. The molecule has 1 saturated heterocycles. The summed E-state index contributed by atoms with van der Waals surface area (Å²) in [4.78, 5) is 0. The highest BCUT2D eigenvalue weighted by Gasteiger charge is 2.19. The number of hydrogen-bond donors (Lipinski definition) is 1. The van der Waals surface area contributed by atoms with Crippen molar-refractivity contribution >= 4 is 27.5 Å². The Labute approximate surface area is 102 Å². The zero-order valence-corrected chi connectivity index (χ0v) is 10.5. The first kappa shape index (κ1) is 11.4. The lowest BCUT2D eigenvalue weighted by Crippen LogP contribution is -2.24. The van der Waals surface area contributed by atoms with Crippen LogP contribution >= 0.6 is 27.5 Å². The quantitative estimate of drug-likeness (QED) is 0.822. The molecule has 1 N–H and O–H groups in total. The molecule has 0 aliphatic carbocycles. The predicted octanol–water partition coefficient (Wildman–Crippen LogP) is 3.54. The first-order chi connectivity index (χ1) is 7.18. The van der Waals surface area contributed by atoms with E-state index >= 15 is 0 Å². The maximum absolute atomic E-state index is 13.6. The topological polar surface area (TPSA) is 12.0 Å². The summed E-state index contributed by atoms with van der Waals surface area (Å²) in [7, 11) is 0. The maximum Gasteiger partial charge on any atom is 0.127 e. The van der Waals surface area contributed by atoms with Gasteiger partial charge >= 0.3 is 0 Å². The van der Waals surface area contributed by atoms with Gasteiger partial charge in [0.1, 0.15) is 5.82 Å². The summed E-state index contributed by atoms with van der Waals surface area (Å²) in [5.74, 6) is -0.181. The molecule has 0 bridgehead atoms. The van der Waals surface area contributed by atoms with Crippen LogP contribution in [-0.4, -0.2) is 12.6 Å². The molecule has 0 aromatic heterocycles. The van der Waals surface area contributed by atoms with Gasteiger partial charge in [-0.3, -0.25) is 0 Å². The molecule has 1 fully saturated rings. The molecule has 0 radical (unpaired) electrons. The largest absolute Gasteiger partial charge is 0.314 e. The summed E-state index contributed by atoms with van der Waals surface area (Å²) in [5.41, 5.74) is 0.682. The third-order valence-electron chi connectivity index (χ3n) is 2.75. The summed E-state index contributed by atoms with van der Waals surface area (Å²) in [6.07, 6.45) is 2.98. The van der Waals surface area contributed by atoms with Crippen molar-refractivity contribution < 1.29 is 4.39 Å². The lowest BCUT2D eigenvalue weighted by molar-refractivity contribution is 0.559. The van der Waals surface area contributed by atoms with Crippen molar-refractivity contribution in [3.05, 3.63) is 33.0 Å². The van der Waals surface area contributed by atoms with Gasteiger partial charge in [0, 0.05) is 16.1 Å². The van der Waals surface area contributed by atoms with Crippen LogP contribution < -0.4 is 5.32 Å². The Kier molecular flexibility index (Phi) is 3.65. The van der Waals surface area contributed by atoms with Gasteiger partial charge in [-0.15, -0.1) is 0 Å². The monoisotopic (exact) mass is 291 g/mol. The lowest BCUT2D eigenvalue weighted by Gasteiger charge is -2.13. The Morgan fingerprint density at radius 1 is 1.53 bits per heavy atom. The lowest BCUT2D eigenvalue weighted by atomic mass is 10.0. The third kappa shape index (κ3) is 2.52. The first-order valence-electron chi connectivity index (χ1n) is 5.04. The average Bonchev–Trinajstić information content (AvgIpc) is 2.71. The molecule has 1 atom stereocenters. The van der Waals surface area contributed by atoms with E-state index in [9.17, 15) is 4.39 Å². The Bertz CT molecular complexity index is 364. The minimum absolute atomic E-state index is 0.181. The highest BCUT2D eigenvalue weighted by atomic mass is 79.9. The summed E-state index contributed by atoms with van der Waals surface area (Å²) < 4.78 is 14.3. The standard InChI is InChI=1S/C11H12BrClFN/c12-11-8(6-7-2-1-5-15-7)10(14)4-3-9(11)13/h3-4,7,15H,1-2,5-6H2. The van der Waals surface area contributed by atoms with Crippen LogP contribution in [0.2, 0.25) is 5.02 Å². The van der Waals surface area contributed by atoms with Crippen molar-refractivity contribution in [3.8, 4) is 0 Å². The van der Waals surface area contributed by atoms with E-state index in [0.717, 1.165) is 13.0 Å². The van der Waals surface area contributed by atoms with Crippen molar-refractivity contribution in [2.24, 2.45) is 0 Å². The van der Waals surface area contributed by atoms with Crippen molar-refractivity contribution in [1.29, 1.82) is 0 Å². The van der Waals surface area contributed by atoms with E-state index < -0.39 is 0 Å². The van der Waals surface area contributed by atoms with Crippen LogP contribution in [0.4, 0.5) is 4.39 Å². The minimum atomic E-state index is -0.181. The van der Waals surface area contributed by atoms with Gasteiger partial charge in [-0.2, -0.15) is 0 Å². The van der Waals surface area contributed by atoms with E-state index in [1.165, 1.54) is 12.5 Å². The maximum atomic E-state index is 13.6. The van der Waals surface area contributed by atoms with Gasteiger partial charge in [-0.1, -0.05) is 11.6 Å². The van der Waals surface area contributed by atoms with E-state index in [2.05, 4.69) is 21.2 Å². The second-order valence-corrected chi connectivity index (χ2v) is 5.02. The summed E-state index contributed by atoms with van der Waals surface area (Å²) in [6.45, 7) is 1.03. The molecule has 1 heterocycles. The molecule has 0 spiro atoms. The fraction of sp³-hybridized carbons (Fsp3) is 0.455. The Morgan fingerprint density at radius 3 is 3.00 bits per heavy atom. The van der Waals surface area contributed by atoms with Gasteiger partial charge in [-0.05, 0) is 53.9 Å². The summed E-state index contributed by atoms with van der Waals surface area (Å²) in [6, 6.07) is 3.39. The predicted molar refractivity (Wildman–Crippen MR) is 63.8 cm³/mol. The molecular weight excluding hydrogens is 280 g/mol. The van der Waals surface area contributed by atoms with Gasteiger partial charge in [0.15, 0.2) is 0 Å². The molecule has 15 heavy (non-hydrogen) atoms. The van der Waals surface area contributed by atoms with Gasteiger partial charge in [-0.25, -0.2) is 4.39 Å². The third-order valence-corrected chi connectivity index (χ3v) is 4.20. The number of benzene rings is 1. The molecule has 1 aliphatic rings. The van der Waals surface area contributed by atoms with E-state index in [4.69, 9.17) is 11.6 Å². The Balaban J connectivity index is 2.22. The number of nitrogens with one attached hydrogen (secondary N) is 1. The second-order valence-electron chi connectivity index (χ2n) is 3.82. The molecule has 1 aromatic carbocycles. The molecular formula is C11H12BrClFN. The van der Waals surface area contributed by atoms with E-state index in [1.54, 1.807) is 6.07 Å². The summed E-state index contributed by atoms with van der Waals surface area (Å²) >= 11 is 9.28. The van der Waals surface area contributed by atoms with Crippen LogP contribution in [-0.2, 0) is 6.42 Å². The zero-order chi connectivity index (χ0) is 10.8. The molecule has 0 saturated carbocycles. The van der Waals surface area contributed by atoms with Crippen LogP contribution in [0.15, 0.2) is 16.6 Å². The van der Waals surface area contributed by atoms with Crippen LogP contribution in [0.1, 0.15) is 18.4 Å². The van der Waals surface area contributed by atoms with Crippen LogP contribution in [0.25, 0.3) is 0 Å². The van der Waals surface area contributed by atoms with Gasteiger partial charge in [0.05, 0.1) is 5.02 Å². The van der Waals surface area contributed by atoms with Gasteiger partial charge in [0.25, 0.3) is 0 Å².